The highest BCUT2D eigenvalue weighted by molar-refractivity contribution is 7.98. The van der Waals surface area contributed by atoms with Gasteiger partial charge in [0.2, 0.25) is 17.7 Å². The van der Waals surface area contributed by atoms with Crippen LogP contribution in [0.15, 0.2) is 48.5 Å². The molecule has 4 amide bonds. The first-order valence-electron chi connectivity index (χ1n) is 14.3. The van der Waals surface area contributed by atoms with Crippen molar-refractivity contribution < 1.29 is 33.5 Å². The zero-order valence-corrected chi connectivity index (χ0v) is 26.5. The average molecular weight is 625 g/mol. The Bertz CT molecular complexity index is 1360. The maximum absolute atomic E-state index is 13.3. The van der Waals surface area contributed by atoms with Gasteiger partial charge in [-0.25, -0.2) is 4.79 Å². The summed E-state index contributed by atoms with van der Waals surface area (Å²) in [4.78, 5) is 74.9. The molecule has 0 radical (unpaired) electrons. The number of amides is 4. The summed E-state index contributed by atoms with van der Waals surface area (Å²) in [5, 5.41) is 10.3. The van der Waals surface area contributed by atoms with Crippen LogP contribution in [0.3, 0.4) is 0 Å². The Kier molecular flexibility index (Phi) is 12.1. The van der Waals surface area contributed by atoms with Crippen LogP contribution in [0, 0.1) is 0 Å². The SMILES string of the molecule is CSC[C@@H](NC(=O)[C@@H](CCC(C)=O)NC(=O)OCC1c2ccccc2-c2ccccc21)C(=O)NC(C)(C)C(=O)NCC(C)=O. The maximum atomic E-state index is 13.3. The molecule has 0 saturated carbocycles. The zero-order chi connectivity index (χ0) is 32.4. The molecule has 2 aromatic carbocycles. The number of hydrogen-bond acceptors (Lipinski definition) is 8. The molecule has 0 aliphatic heterocycles. The fraction of sp³-hybridized carbons (Fsp3) is 0.438. The first kappa shape index (κ1) is 34.3. The number of carbonyl (C=O) groups is 6. The molecule has 2 aromatic rings. The van der Waals surface area contributed by atoms with Crippen LogP contribution in [0.2, 0.25) is 0 Å². The highest BCUT2D eigenvalue weighted by Crippen LogP contribution is 2.44. The third kappa shape index (κ3) is 9.15. The molecule has 0 unspecified atom stereocenters. The molecule has 0 aromatic heterocycles. The van der Waals surface area contributed by atoms with Gasteiger partial charge in [0, 0.05) is 18.1 Å². The number of alkyl carbamates (subject to hydrolysis) is 1. The summed E-state index contributed by atoms with van der Waals surface area (Å²) in [5.41, 5.74) is 2.86. The largest absolute Gasteiger partial charge is 0.449 e. The van der Waals surface area contributed by atoms with Gasteiger partial charge in [-0.15, -0.1) is 0 Å². The van der Waals surface area contributed by atoms with E-state index in [1.54, 1.807) is 6.26 Å². The molecule has 4 N–H and O–H groups in total. The van der Waals surface area contributed by atoms with Crippen LogP contribution >= 0.6 is 11.8 Å². The summed E-state index contributed by atoms with van der Waals surface area (Å²) in [6.07, 6.45) is 0.937. The van der Waals surface area contributed by atoms with Crippen molar-refractivity contribution in [1.82, 2.24) is 21.3 Å². The van der Waals surface area contributed by atoms with Crippen LogP contribution in [-0.4, -0.2) is 78.2 Å². The summed E-state index contributed by atoms with van der Waals surface area (Å²) in [7, 11) is 0. The minimum atomic E-state index is -1.37. The Labute approximate surface area is 261 Å². The molecule has 44 heavy (non-hydrogen) atoms. The zero-order valence-electron chi connectivity index (χ0n) is 25.7. The van der Waals surface area contributed by atoms with Gasteiger partial charge in [0.15, 0.2) is 0 Å². The van der Waals surface area contributed by atoms with Crippen LogP contribution in [-0.2, 0) is 28.7 Å². The van der Waals surface area contributed by atoms with Crippen molar-refractivity contribution in [2.45, 2.75) is 64.1 Å². The van der Waals surface area contributed by atoms with Crippen LogP contribution in [0.25, 0.3) is 11.1 Å². The topological polar surface area (TPSA) is 160 Å². The molecule has 12 heteroatoms. The van der Waals surface area contributed by atoms with Gasteiger partial charge < -0.3 is 30.8 Å². The fourth-order valence-electron chi connectivity index (χ4n) is 4.90. The molecule has 2 atom stereocenters. The molecule has 0 saturated heterocycles. The Hall–Kier alpha value is -4.19. The summed E-state index contributed by atoms with van der Waals surface area (Å²) < 4.78 is 5.59. The smallest absolute Gasteiger partial charge is 0.407 e. The molecule has 0 bridgehead atoms. The van der Waals surface area contributed by atoms with Crippen molar-refractivity contribution in [2.75, 3.05) is 25.2 Å². The summed E-state index contributed by atoms with van der Waals surface area (Å²) in [5.74, 6) is -2.28. The molecular weight excluding hydrogens is 584 g/mol. The molecule has 11 nitrogen and oxygen atoms in total. The Morgan fingerprint density at radius 1 is 0.841 bits per heavy atom. The number of nitrogens with one attached hydrogen (secondary N) is 4. The second-order valence-electron chi connectivity index (χ2n) is 11.3. The van der Waals surface area contributed by atoms with Crippen molar-refractivity contribution in [3.05, 3.63) is 59.7 Å². The molecule has 1 aliphatic rings. The summed E-state index contributed by atoms with van der Waals surface area (Å²) in [6, 6.07) is 13.6. The number of ether oxygens (including phenoxy) is 1. The fourth-order valence-corrected chi connectivity index (χ4v) is 5.47. The quantitative estimate of drug-likeness (QED) is 0.235. The molecule has 1 aliphatic carbocycles. The minimum absolute atomic E-state index is 0.00207. The van der Waals surface area contributed by atoms with E-state index in [-0.39, 0.29) is 49.2 Å². The number of rotatable bonds is 15. The first-order valence-corrected chi connectivity index (χ1v) is 15.7. The lowest BCUT2D eigenvalue weighted by Gasteiger charge is -2.28. The van der Waals surface area contributed by atoms with Gasteiger partial charge in [-0.2, -0.15) is 11.8 Å². The molecular formula is C32H40N4O7S. The van der Waals surface area contributed by atoms with E-state index in [0.29, 0.717) is 0 Å². The predicted molar refractivity (Wildman–Crippen MR) is 168 cm³/mol. The number of carbonyl (C=O) groups excluding carboxylic acids is 6. The number of Topliss-reactive ketones (excluding diaryl/α,β-unsaturated/α-hetero) is 2. The number of hydrogen-bond donors (Lipinski definition) is 4. The van der Waals surface area contributed by atoms with E-state index in [1.807, 2.05) is 48.5 Å². The molecule has 0 fully saturated rings. The first-order chi connectivity index (χ1) is 20.8. The van der Waals surface area contributed by atoms with Gasteiger partial charge in [0.1, 0.15) is 35.8 Å². The summed E-state index contributed by atoms with van der Waals surface area (Å²) >= 11 is 1.30. The van der Waals surface area contributed by atoms with Gasteiger partial charge in [-0.05, 0) is 62.6 Å². The maximum Gasteiger partial charge on any atom is 0.407 e. The number of thioether (sulfide) groups is 1. The van der Waals surface area contributed by atoms with Gasteiger partial charge in [0.25, 0.3) is 0 Å². The summed E-state index contributed by atoms with van der Waals surface area (Å²) in [6.45, 7) is 5.53. The van der Waals surface area contributed by atoms with Crippen molar-refractivity contribution in [3.8, 4) is 11.1 Å². The molecule has 3 rings (SSSR count). The Morgan fingerprint density at radius 2 is 1.43 bits per heavy atom. The lowest BCUT2D eigenvalue weighted by atomic mass is 9.98. The standard InChI is InChI=1S/C32H40N4O7S/c1-19(37)14-15-26(28(39)34-27(18-44-5)29(40)36-32(3,4)30(41)33-16-20(2)38)35-31(42)43-17-25-23-12-8-6-10-21(23)22-11-7-9-13-24(22)25/h6-13,25-27H,14-18H2,1-5H3,(H,33,41)(H,34,39)(H,35,42)(H,36,40)/t26-,27-/m1/s1. The predicted octanol–water partition coefficient (Wildman–Crippen LogP) is 2.71. The van der Waals surface area contributed by atoms with Crippen molar-refractivity contribution in [3.63, 3.8) is 0 Å². The van der Waals surface area contributed by atoms with Crippen LogP contribution in [0.1, 0.15) is 57.6 Å². The van der Waals surface area contributed by atoms with Crippen molar-refractivity contribution in [1.29, 1.82) is 0 Å². The van der Waals surface area contributed by atoms with E-state index in [9.17, 15) is 28.8 Å². The molecule has 0 spiro atoms. The van der Waals surface area contributed by atoms with Gasteiger partial charge in [-0.3, -0.25) is 19.2 Å². The lowest BCUT2D eigenvalue weighted by molar-refractivity contribution is -0.135. The third-order valence-electron chi connectivity index (χ3n) is 7.20. The highest BCUT2D eigenvalue weighted by atomic mass is 32.2. The lowest BCUT2D eigenvalue weighted by Crippen LogP contribution is -2.61. The van der Waals surface area contributed by atoms with E-state index in [2.05, 4.69) is 21.3 Å². The van der Waals surface area contributed by atoms with E-state index in [0.717, 1.165) is 22.3 Å². The second-order valence-corrected chi connectivity index (χ2v) is 12.2. The minimum Gasteiger partial charge on any atom is -0.449 e. The number of ketones is 2. The van der Waals surface area contributed by atoms with E-state index in [1.165, 1.54) is 39.5 Å². The number of fused-ring (bicyclic) bond motifs is 3. The molecule has 236 valence electrons. The van der Waals surface area contributed by atoms with Crippen LogP contribution in [0.5, 0.6) is 0 Å². The van der Waals surface area contributed by atoms with Gasteiger partial charge in [0.05, 0.1) is 6.54 Å². The third-order valence-corrected chi connectivity index (χ3v) is 7.87. The van der Waals surface area contributed by atoms with Gasteiger partial charge in [-0.1, -0.05) is 48.5 Å². The van der Waals surface area contributed by atoms with E-state index < -0.39 is 41.4 Å². The Morgan fingerprint density at radius 3 is 1.98 bits per heavy atom. The van der Waals surface area contributed by atoms with Crippen molar-refractivity contribution >= 4 is 47.1 Å². The van der Waals surface area contributed by atoms with Crippen LogP contribution in [0.4, 0.5) is 4.79 Å². The van der Waals surface area contributed by atoms with Gasteiger partial charge >= 0.3 is 6.09 Å². The Balaban J connectivity index is 1.67. The van der Waals surface area contributed by atoms with E-state index in [4.69, 9.17) is 4.74 Å². The monoisotopic (exact) mass is 624 g/mol. The normalized spacial score (nSPS) is 13.5. The van der Waals surface area contributed by atoms with Crippen LogP contribution < -0.4 is 21.3 Å². The average Bonchev–Trinajstić information content (AvgIpc) is 3.29. The second kappa shape index (κ2) is 15.5. The molecule has 0 heterocycles. The van der Waals surface area contributed by atoms with E-state index >= 15 is 0 Å². The highest BCUT2D eigenvalue weighted by Gasteiger charge is 2.34. The number of benzene rings is 2. The van der Waals surface area contributed by atoms with Crippen molar-refractivity contribution in [2.24, 2.45) is 0 Å².